The number of ether oxygens (including phenoxy) is 3. The van der Waals surface area contributed by atoms with Crippen LogP contribution in [0.15, 0.2) is 29.4 Å². The molecule has 0 spiro atoms. The molecule has 0 aliphatic carbocycles. The average Bonchev–Trinajstić information content (AvgIpc) is 2.81. The number of hydrogen-bond donors (Lipinski definition) is 2. The molecule has 10 nitrogen and oxygen atoms in total. The topological polar surface area (TPSA) is 105 Å². The molecule has 0 atom stereocenters. The van der Waals surface area contributed by atoms with Crippen LogP contribution in [0, 0.1) is 0 Å². The van der Waals surface area contributed by atoms with Gasteiger partial charge in [0.05, 0.1) is 39.8 Å². The molecule has 2 aromatic rings. The van der Waals surface area contributed by atoms with E-state index in [1.165, 1.54) is 6.21 Å². The summed E-state index contributed by atoms with van der Waals surface area (Å²) in [6.45, 7) is 5.70. The number of hydrazone groups is 1. The first-order valence-corrected chi connectivity index (χ1v) is 9.93. The first-order chi connectivity index (χ1) is 14.7. The number of aromatic nitrogens is 2. The van der Waals surface area contributed by atoms with Crippen LogP contribution in [0.3, 0.4) is 0 Å². The fourth-order valence-corrected chi connectivity index (χ4v) is 3.27. The molecule has 2 saturated heterocycles. The molecule has 0 saturated carbocycles. The number of nitrogens with zero attached hydrogens (tertiary/aromatic N) is 5. The number of methoxy groups -OCH3 is 1. The number of morpholine rings is 2. The standard InChI is InChI=1S/C20H26N6O4/c1-28-16-2-3-17(27)15(12-16)14-21-24-18-13-19(25-4-8-29-9-5-25)23-20(22-18)26-6-10-30-11-7-26/h2-3,12-14,27H,4-11H2,1H3,(H,22,23,24)/b21-14+. The third-order valence-corrected chi connectivity index (χ3v) is 4.95. The molecule has 0 bridgehead atoms. The van der Waals surface area contributed by atoms with Gasteiger partial charge in [-0.15, -0.1) is 0 Å². The Morgan fingerprint density at radius 3 is 2.43 bits per heavy atom. The fourth-order valence-electron chi connectivity index (χ4n) is 3.27. The Bertz CT molecular complexity index is 845. The van der Waals surface area contributed by atoms with E-state index >= 15 is 0 Å². The monoisotopic (exact) mass is 414 g/mol. The van der Waals surface area contributed by atoms with Crippen molar-refractivity contribution in [2.45, 2.75) is 0 Å². The van der Waals surface area contributed by atoms with Gasteiger partial charge in [-0.2, -0.15) is 15.1 Å². The van der Waals surface area contributed by atoms with Crippen molar-refractivity contribution in [2.24, 2.45) is 5.10 Å². The van der Waals surface area contributed by atoms with Gasteiger partial charge in [-0.25, -0.2) is 0 Å². The van der Waals surface area contributed by atoms with Crippen molar-refractivity contribution in [1.82, 2.24) is 9.97 Å². The predicted molar refractivity (Wildman–Crippen MR) is 114 cm³/mol. The quantitative estimate of drug-likeness (QED) is 0.535. The van der Waals surface area contributed by atoms with E-state index in [0.29, 0.717) is 49.5 Å². The van der Waals surface area contributed by atoms with E-state index in [0.717, 1.165) is 32.0 Å². The van der Waals surface area contributed by atoms with Crippen molar-refractivity contribution < 1.29 is 19.3 Å². The summed E-state index contributed by atoms with van der Waals surface area (Å²) in [5.41, 5.74) is 3.51. The van der Waals surface area contributed by atoms with Gasteiger partial charge in [0.25, 0.3) is 0 Å². The highest BCUT2D eigenvalue weighted by Crippen LogP contribution is 2.23. The third kappa shape index (κ3) is 4.89. The van der Waals surface area contributed by atoms with Gasteiger partial charge in [-0.1, -0.05) is 0 Å². The van der Waals surface area contributed by atoms with Crippen LogP contribution in [0.1, 0.15) is 5.56 Å². The summed E-state index contributed by atoms with van der Waals surface area (Å²) in [5.74, 6) is 2.81. The molecule has 30 heavy (non-hydrogen) atoms. The summed E-state index contributed by atoms with van der Waals surface area (Å²) in [5, 5.41) is 14.3. The van der Waals surface area contributed by atoms with Gasteiger partial charge in [-0.3, -0.25) is 5.43 Å². The molecular formula is C20H26N6O4. The average molecular weight is 414 g/mol. The van der Waals surface area contributed by atoms with Gasteiger partial charge in [0, 0.05) is 37.8 Å². The minimum Gasteiger partial charge on any atom is -0.507 e. The van der Waals surface area contributed by atoms with E-state index in [1.807, 2.05) is 6.07 Å². The Morgan fingerprint density at radius 2 is 1.73 bits per heavy atom. The largest absolute Gasteiger partial charge is 0.507 e. The molecule has 2 fully saturated rings. The number of nitrogens with one attached hydrogen (secondary N) is 1. The number of anilines is 3. The van der Waals surface area contributed by atoms with E-state index in [4.69, 9.17) is 19.2 Å². The van der Waals surface area contributed by atoms with E-state index < -0.39 is 0 Å². The lowest BCUT2D eigenvalue weighted by molar-refractivity contribution is 0.121. The molecule has 1 aromatic heterocycles. The van der Waals surface area contributed by atoms with Crippen molar-refractivity contribution >= 4 is 23.8 Å². The van der Waals surface area contributed by atoms with E-state index in [9.17, 15) is 5.11 Å². The number of rotatable bonds is 6. The third-order valence-electron chi connectivity index (χ3n) is 4.95. The molecule has 0 unspecified atom stereocenters. The molecular weight excluding hydrogens is 388 g/mol. The minimum atomic E-state index is 0.118. The summed E-state index contributed by atoms with van der Waals surface area (Å²) >= 11 is 0. The van der Waals surface area contributed by atoms with Crippen LogP contribution in [0.5, 0.6) is 11.5 Å². The highest BCUT2D eigenvalue weighted by Gasteiger charge is 2.19. The Kier molecular flexibility index (Phi) is 6.45. The van der Waals surface area contributed by atoms with Crippen molar-refractivity contribution in [3.8, 4) is 11.5 Å². The first kappa shape index (κ1) is 20.2. The van der Waals surface area contributed by atoms with Crippen molar-refractivity contribution in [1.29, 1.82) is 0 Å². The molecule has 4 rings (SSSR count). The Morgan fingerprint density at radius 1 is 1.03 bits per heavy atom. The molecule has 3 heterocycles. The zero-order chi connectivity index (χ0) is 20.8. The molecule has 2 N–H and O–H groups in total. The van der Waals surface area contributed by atoms with Gasteiger partial charge in [0.15, 0.2) is 5.82 Å². The number of hydrogen-bond acceptors (Lipinski definition) is 10. The molecule has 2 aliphatic heterocycles. The Hall–Kier alpha value is -3.11. The summed E-state index contributed by atoms with van der Waals surface area (Å²) in [4.78, 5) is 13.7. The normalized spacial score (nSPS) is 17.4. The van der Waals surface area contributed by atoms with Crippen LogP contribution < -0.4 is 20.0 Å². The number of aromatic hydroxyl groups is 1. The molecule has 0 amide bonds. The zero-order valence-corrected chi connectivity index (χ0v) is 17.0. The highest BCUT2D eigenvalue weighted by molar-refractivity contribution is 5.84. The fraction of sp³-hybridized carbons (Fsp3) is 0.450. The van der Waals surface area contributed by atoms with Crippen LogP contribution in [0.25, 0.3) is 0 Å². The van der Waals surface area contributed by atoms with Crippen LogP contribution in [-0.4, -0.2) is 81.0 Å². The highest BCUT2D eigenvalue weighted by atomic mass is 16.5. The Balaban J connectivity index is 1.56. The number of phenols is 1. The van der Waals surface area contributed by atoms with E-state index in [2.05, 4.69) is 25.3 Å². The molecule has 160 valence electrons. The smallest absolute Gasteiger partial charge is 0.229 e. The number of phenolic OH excluding ortho intramolecular Hbond substituents is 1. The maximum atomic E-state index is 10.0. The Labute approximate surface area is 175 Å². The molecule has 0 radical (unpaired) electrons. The number of benzene rings is 1. The summed E-state index contributed by atoms with van der Waals surface area (Å²) in [6.07, 6.45) is 1.53. The van der Waals surface area contributed by atoms with Crippen LogP contribution >= 0.6 is 0 Å². The lowest BCUT2D eigenvalue weighted by Crippen LogP contribution is -2.39. The van der Waals surface area contributed by atoms with Crippen LogP contribution in [0.2, 0.25) is 0 Å². The van der Waals surface area contributed by atoms with Crippen molar-refractivity contribution in [3.05, 3.63) is 29.8 Å². The SMILES string of the molecule is COc1ccc(O)c(/C=N/Nc2cc(N3CCOCC3)nc(N3CCOCC3)n2)c1. The van der Waals surface area contributed by atoms with Crippen LogP contribution in [-0.2, 0) is 9.47 Å². The van der Waals surface area contributed by atoms with E-state index in [-0.39, 0.29) is 5.75 Å². The predicted octanol–water partition coefficient (Wildman–Crippen LogP) is 1.31. The maximum Gasteiger partial charge on any atom is 0.229 e. The van der Waals surface area contributed by atoms with Crippen molar-refractivity contribution in [3.63, 3.8) is 0 Å². The van der Waals surface area contributed by atoms with Gasteiger partial charge < -0.3 is 29.1 Å². The minimum absolute atomic E-state index is 0.118. The van der Waals surface area contributed by atoms with Gasteiger partial charge in [0.2, 0.25) is 5.95 Å². The zero-order valence-electron chi connectivity index (χ0n) is 17.0. The lowest BCUT2D eigenvalue weighted by atomic mass is 10.2. The molecule has 10 heteroatoms. The second kappa shape index (κ2) is 9.59. The summed E-state index contributed by atoms with van der Waals surface area (Å²) < 4.78 is 16.1. The summed E-state index contributed by atoms with van der Waals surface area (Å²) in [7, 11) is 1.58. The first-order valence-electron chi connectivity index (χ1n) is 9.93. The lowest BCUT2D eigenvalue weighted by Gasteiger charge is -2.31. The molecule has 2 aliphatic rings. The summed E-state index contributed by atoms with van der Waals surface area (Å²) in [6, 6.07) is 6.84. The maximum absolute atomic E-state index is 10.0. The van der Waals surface area contributed by atoms with Gasteiger partial charge in [-0.05, 0) is 18.2 Å². The second-order valence-electron chi connectivity index (χ2n) is 6.90. The van der Waals surface area contributed by atoms with E-state index in [1.54, 1.807) is 25.3 Å². The van der Waals surface area contributed by atoms with Gasteiger partial charge >= 0.3 is 0 Å². The van der Waals surface area contributed by atoms with Crippen LogP contribution in [0.4, 0.5) is 17.6 Å². The molecule has 1 aromatic carbocycles. The van der Waals surface area contributed by atoms with Gasteiger partial charge in [0.1, 0.15) is 17.3 Å². The second-order valence-corrected chi connectivity index (χ2v) is 6.90. The van der Waals surface area contributed by atoms with Crippen molar-refractivity contribution in [2.75, 3.05) is 74.9 Å².